The first-order valence-electron chi connectivity index (χ1n) is 3.98. The van der Waals surface area contributed by atoms with Crippen LogP contribution in [0.1, 0.15) is 6.92 Å². The van der Waals surface area contributed by atoms with Crippen molar-refractivity contribution in [2.24, 2.45) is 0 Å². The number of carbonyl (C=O) groups is 2. The predicted molar refractivity (Wildman–Crippen MR) is 42.0 cm³/mol. The lowest BCUT2D eigenvalue weighted by molar-refractivity contribution is -0.160. The summed E-state index contributed by atoms with van der Waals surface area (Å²) in [7, 11) is 0. The van der Waals surface area contributed by atoms with Crippen molar-refractivity contribution in [1.82, 2.24) is 5.32 Å². The van der Waals surface area contributed by atoms with Crippen LogP contribution in [0.5, 0.6) is 0 Å². The minimum Gasteiger partial charge on any atom is -0.465 e. The van der Waals surface area contributed by atoms with Gasteiger partial charge in [-0.05, 0) is 6.92 Å². The van der Waals surface area contributed by atoms with E-state index < -0.39 is 31.4 Å². The zero-order valence-corrected chi connectivity index (χ0v) is 7.89. The highest BCUT2D eigenvalue weighted by Gasteiger charge is 2.29. The van der Waals surface area contributed by atoms with E-state index in [0.717, 1.165) is 0 Å². The summed E-state index contributed by atoms with van der Waals surface area (Å²) in [5.41, 5.74) is 0. The predicted octanol–water partition coefficient (Wildman–Crippen LogP) is 0.838. The molecular formula is C7H10F3NO4. The summed E-state index contributed by atoms with van der Waals surface area (Å²) < 4.78 is 42.8. The molecule has 0 spiro atoms. The average Bonchev–Trinajstić information content (AvgIpc) is 2.11. The fourth-order valence-corrected chi connectivity index (χ4v) is 0.555. The van der Waals surface area contributed by atoms with Crippen LogP contribution in [0.2, 0.25) is 0 Å². The van der Waals surface area contributed by atoms with Crippen molar-refractivity contribution in [3.05, 3.63) is 0 Å². The topological polar surface area (TPSA) is 64.6 Å². The molecular weight excluding hydrogens is 219 g/mol. The number of ether oxygens (including phenoxy) is 2. The van der Waals surface area contributed by atoms with Gasteiger partial charge in [-0.3, -0.25) is 4.79 Å². The second-order valence-corrected chi connectivity index (χ2v) is 2.35. The third kappa shape index (κ3) is 8.85. The van der Waals surface area contributed by atoms with Gasteiger partial charge in [0, 0.05) is 0 Å². The van der Waals surface area contributed by atoms with Gasteiger partial charge in [0.05, 0.1) is 6.61 Å². The number of alkyl halides is 3. The Bertz CT molecular complexity index is 229. The van der Waals surface area contributed by atoms with Crippen molar-refractivity contribution in [3.63, 3.8) is 0 Å². The Morgan fingerprint density at radius 3 is 2.33 bits per heavy atom. The molecule has 0 aromatic carbocycles. The molecule has 0 radical (unpaired) electrons. The lowest BCUT2D eigenvalue weighted by Crippen LogP contribution is -2.33. The molecule has 0 aromatic heterocycles. The summed E-state index contributed by atoms with van der Waals surface area (Å²) in [4.78, 5) is 21.2. The van der Waals surface area contributed by atoms with Gasteiger partial charge < -0.3 is 14.8 Å². The molecule has 5 nitrogen and oxygen atoms in total. The van der Waals surface area contributed by atoms with E-state index in [1.807, 2.05) is 0 Å². The summed E-state index contributed by atoms with van der Waals surface area (Å²) in [6, 6.07) is 0. The number of hydrogen-bond acceptors (Lipinski definition) is 4. The molecule has 0 aliphatic heterocycles. The molecule has 0 unspecified atom stereocenters. The second kappa shape index (κ2) is 6.10. The first-order chi connectivity index (χ1) is 6.85. The van der Waals surface area contributed by atoms with Crippen LogP contribution >= 0.6 is 0 Å². The molecule has 0 aromatic rings. The van der Waals surface area contributed by atoms with Gasteiger partial charge in [-0.25, -0.2) is 4.79 Å². The number of nitrogens with one attached hydrogen (secondary N) is 1. The molecule has 0 aliphatic carbocycles. The van der Waals surface area contributed by atoms with Crippen LogP contribution in [0.3, 0.4) is 0 Å². The molecule has 8 heteroatoms. The maximum atomic E-state index is 11.5. The molecule has 1 amide bonds. The van der Waals surface area contributed by atoms with Gasteiger partial charge in [0.1, 0.15) is 6.54 Å². The van der Waals surface area contributed by atoms with E-state index in [4.69, 9.17) is 0 Å². The largest absolute Gasteiger partial charge is 0.465 e. The lowest BCUT2D eigenvalue weighted by atomic mass is 10.6. The van der Waals surface area contributed by atoms with E-state index in [1.165, 1.54) is 0 Å². The van der Waals surface area contributed by atoms with Crippen LogP contribution < -0.4 is 5.32 Å². The minimum absolute atomic E-state index is 0.123. The van der Waals surface area contributed by atoms with E-state index in [1.54, 1.807) is 12.2 Å². The van der Waals surface area contributed by atoms with E-state index in [2.05, 4.69) is 9.47 Å². The van der Waals surface area contributed by atoms with Gasteiger partial charge in [-0.15, -0.1) is 0 Å². The zero-order chi connectivity index (χ0) is 11.9. The van der Waals surface area contributed by atoms with Gasteiger partial charge in [-0.2, -0.15) is 13.2 Å². The number of hydrogen-bond donors (Lipinski definition) is 1. The Balaban J connectivity index is 3.62. The first kappa shape index (κ1) is 13.5. The zero-order valence-electron chi connectivity index (χ0n) is 7.89. The van der Waals surface area contributed by atoms with Crippen LogP contribution in [0.25, 0.3) is 0 Å². The highest BCUT2D eigenvalue weighted by atomic mass is 19.4. The van der Waals surface area contributed by atoms with E-state index in [9.17, 15) is 22.8 Å². The van der Waals surface area contributed by atoms with E-state index in [0.29, 0.717) is 0 Å². The highest BCUT2D eigenvalue weighted by molar-refractivity contribution is 5.77. The Hall–Kier alpha value is -1.47. The van der Waals surface area contributed by atoms with Crippen molar-refractivity contribution < 1.29 is 32.2 Å². The van der Waals surface area contributed by atoms with Crippen LogP contribution in [-0.2, 0) is 14.3 Å². The highest BCUT2D eigenvalue weighted by Crippen LogP contribution is 2.14. The second-order valence-electron chi connectivity index (χ2n) is 2.35. The Kier molecular flexibility index (Phi) is 5.50. The Labute approximate surface area is 83.5 Å². The van der Waals surface area contributed by atoms with Crippen LogP contribution in [0.15, 0.2) is 0 Å². The van der Waals surface area contributed by atoms with Crippen molar-refractivity contribution in [1.29, 1.82) is 0 Å². The van der Waals surface area contributed by atoms with Crippen LogP contribution in [0, 0.1) is 0 Å². The first-order valence-corrected chi connectivity index (χ1v) is 3.98. The van der Waals surface area contributed by atoms with Crippen molar-refractivity contribution in [2.75, 3.05) is 19.8 Å². The number of alkyl carbamates (subject to hydrolysis) is 1. The molecule has 1 N–H and O–H groups in total. The molecule has 0 saturated heterocycles. The summed E-state index contributed by atoms with van der Waals surface area (Å²) in [6.07, 6.45) is -5.90. The monoisotopic (exact) mass is 229 g/mol. The maximum Gasteiger partial charge on any atom is 0.422 e. The number of rotatable bonds is 4. The lowest BCUT2D eigenvalue weighted by Gasteiger charge is -2.08. The Morgan fingerprint density at radius 1 is 1.27 bits per heavy atom. The van der Waals surface area contributed by atoms with E-state index in [-0.39, 0.29) is 6.61 Å². The quantitative estimate of drug-likeness (QED) is 0.725. The van der Waals surface area contributed by atoms with Crippen molar-refractivity contribution in [2.45, 2.75) is 13.1 Å². The number of halogens is 3. The standard InChI is InChI=1S/C7H10F3NO4/c1-2-14-5(12)3-11-6(13)15-4-7(8,9)10/h2-4H2,1H3,(H,11,13). The van der Waals surface area contributed by atoms with Crippen molar-refractivity contribution >= 4 is 12.1 Å². The average molecular weight is 229 g/mol. The van der Waals surface area contributed by atoms with Gasteiger partial charge in [0.15, 0.2) is 6.61 Å². The molecule has 88 valence electrons. The normalized spacial score (nSPS) is 10.7. The van der Waals surface area contributed by atoms with Crippen LogP contribution in [0.4, 0.5) is 18.0 Å². The smallest absolute Gasteiger partial charge is 0.422 e. The fraction of sp³-hybridized carbons (Fsp3) is 0.714. The van der Waals surface area contributed by atoms with Gasteiger partial charge in [0.25, 0.3) is 0 Å². The number of carbonyl (C=O) groups excluding carboxylic acids is 2. The molecule has 0 bridgehead atoms. The molecule has 0 rings (SSSR count). The number of amides is 1. The summed E-state index contributed by atoms with van der Waals surface area (Å²) in [5, 5.41) is 1.80. The summed E-state index contributed by atoms with van der Waals surface area (Å²) >= 11 is 0. The van der Waals surface area contributed by atoms with Gasteiger partial charge in [0.2, 0.25) is 0 Å². The van der Waals surface area contributed by atoms with Crippen molar-refractivity contribution in [3.8, 4) is 0 Å². The van der Waals surface area contributed by atoms with Crippen LogP contribution in [-0.4, -0.2) is 38.0 Å². The van der Waals surface area contributed by atoms with Gasteiger partial charge >= 0.3 is 18.2 Å². The molecule has 0 atom stereocenters. The summed E-state index contributed by atoms with van der Waals surface area (Å²) in [6.45, 7) is -0.538. The Morgan fingerprint density at radius 2 is 1.87 bits per heavy atom. The molecule has 0 heterocycles. The minimum atomic E-state index is -4.58. The molecule has 0 saturated carbocycles. The molecule has 0 aliphatic rings. The number of esters is 1. The van der Waals surface area contributed by atoms with Gasteiger partial charge in [-0.1, -0.05) is 0 Å². The van der Waals surface area contributed by atoms with E-state index >= 15 is 0 Å². The molecule has 15 heavy (non-hydrogen) atoms. The molecule has 0 fully saturated rings. The third-order valence-corrected chi connectivity index (χ3v) is 1.05. The SMILES string of the molecule is CCOC(=O)CNC(=O)OCC(F)(F)F. The fourth-order valence-electron chi connectivity index (χ4n) is 0.555. The maximum absolute atomic E-state index is 11.5. The summed E-state index contributed by atoms with van der Waals surface area (Å²) in [5.74, 6) is -0.749. The third-order valence-electron chi connectivity index (χ3n) is 1.05.